The second-order valence-electron chi connectivity index (χ2n) is 3.83. The normalized spacial score (nSPS) is 11.0. The van der Waals surface area contributed by atoms with Gasteiger partial charge >= 0.3 is 6.18 Å². The molecule has 0 aliphatic carbocycles. The summed E-state index contributed by atoms with van der Waals surface area (Å²) in [6.45, 7) is 0.177. The predicted octanol–water partition coefficient (Wildman–Crippen LogP) is 2.75. The number of hydrogen-bond donors (Lipinski definition) is 2. The molecule has 0 bridgehead atoms. The van der Waals surface area contributed by atoms with Crippen molar-refractivity contribution < 1.29 is 18.3 Å². The molecule has 0 atom stereocenters. The lowest BCUT2D eigenvalue weighted by molar-refractivity contribution is -0.137. The minimum Gasteiger partial charge on any atom is -0.507 e. The number of aromatic nitrogens is 2. The second kappa shape index (κ2) is 6.06. The molecule has 0 spiro atoms. The fourth-order valence-corrected chi connectivity index (χ4v) is 1.58. The lowest BCUT2D eigenvalue weighted by Gasteiger charge is -2.10. The standard InChI is InChI=1S/C12H10F3N3O.ClH/c13-12(14,15)7-1-2-9(11(19)3-7)10-4-8(5-16)17-6-18-10;/h1-4,6,19H,5,16H2;1H. The predicted molar refractivity (Wildman–Crippen MR) is 69.3 cm³/mol. The summed E-state index contributed by atoms with van der Waals surface area (Å²) in [6, 6.07) is 4.24. The van der Waals surface area contributed by atoms with Crippen molar-refractivity contribution in [2.24, 2.45) is 5.73 Å². The third-order valence-corrected chi connectivity index (χ3v) is 2.53. The van der Waals surface area contributed by atoms with Crippen LogP contribution < -0.4 is 5.73 Å². The van der Waals surface area contributed by atoms with E-state index >= 15 is 0 Å². The highest BCUT2D eigenvalue weighted by atomic mass is 35.5. The number of nitrogens with two attached hydrogens (primary N) is 1. The van der Waals surface area contributed by atoms with E-state index in [-0.39, 0.29) is 24.5 Å². The first-order valence-corrected chi connectivity index (χ1v) is 5.33. The molecule has 1 heterocycles. The van der Waals surface area contributed by atoms with Crippen LogP contribution in [0.25, 0.3) is 11.3 Å². The molecule has 2 aromatic rings. The number of halogens is 4. The lowest BCUT2D eigenvalue weighted by Crippen LogP contribution is -2.04. The van der Waals surface area contributed by atoms with E-state index in [0.29, 0.717) is 17.5 Å². The Morgan fingerprint density at radius 1 is 1.15 bits per heavy atom. The summed E-state index contributed by atoms with van der Waals surface area (Å²) in [5, 5.41) is 9.68. The van der Waals surface area contributed by atoms with Gasteiger partial charge in [-0.2, -0.15) is 13.2 Å². The van der Waals surface area contributed by atoms with E-state index < -0.39 is 17.5 Å². The summed E-state index contributed by atoms with van der Waals surface area (Å²) in [7, 11) is 0. The van der Waals surface area contributed by atoms with Crippen molar-refractivity contribution in [3.05, 3.63) is 41.9 Å². The topological polar surface area (TPSA) is 72.0 Å². The summed E-state index contributed by atoms with van der Waals surface area (Å²) in [5.41, 5.74) is 5.55. The quantitative estimate of drug-likeness (QED) is 0.895. The Balaban J connectivity index is 0.00000200. The van der Waals surface area contributed by atoms with Crippen LogP contribution in [0.15, 0.2) is 30.6 Å². The average molecular weight is 306 g/mol. The number of nitrogens with zero attached hydrogens (tertiary/aromatic N) is 2. The van der Waals surface area contributed by atoms with E-state index in [1.54, 1.807) is 0 Å². The summed E-state index contributed by atoms with van der Waals surface area (Å²) in [4.78, 5) is 7.77. The Bertz CT molecular complexity index is 605. The first-order valence-electron chi connectivity index (χ1n) is 5.33. The van der Waals surface area contributed by atoms with Gasteiger partial charge in [0, 0.05) is 12.1 Å². The number of hydrogen-bond acceptors (Lipinski definition) is 4. The van der Waals surface area contributed by atoms with Gasteiger partial charge in [-0.3, -0.25) is 0 Å². The molecule has 0 aliphatic rings. The number of aromatic hydroxyl groups is 1. The van der Waals surface area contributed by atoms with Crippen LogP contribution >= 0.6 is 12.4 Å². The molecule has 0 unspecified atom stereocenters. The minimum atomic E-state index is -4.50. The Labute approximate surface area is 118 Å². The maximum absolute atomic E-state index is 12.5. The molecule has 0 saturated carbocycles. The second-order valence-corrected chi connectivity index (χ2v) is 3.83. The highest BCUT2D eigenvalue weighted by Gasteiger charge is 2.31. The summed E-state index contributed by atoms with van der Waals surface area (Å²) in [5.74, 6) is -0.489. The maximum atomic E-state index is 12.5. The number of phenols is 1. The van der Waals surface area contributed by atoms with Gasteiger partial charge in [0.1, 0.15) is 12.1 Å². The monoisotopic (exact) mass is 305 g/mol. The van der Waals surface area contributed by atoms with Crippen molar-refractivity contribution in [2.75, 3.05) is 0 Å². The zero-order valence-corrected chi connectivity index (χ0v) is 10.9. The molecule has 20 heavy (non-hydrogen) atoms. The highest BCUT2D eigenvalue weighted by molar-refractivity contribution is 5.85. The molecular weight excluding hydrogens is 295 g/mol. The van der Waals surface area contributed by atoms with Crippen molar-refractivity contribution in [2.45, 2.75) is 12.7 Å². The molecule has 1 aromatic heterocycles. The largest absolute Gasteiger partial charge is 0.507 e. The lowest BCUT2D eigenvalue weighted by atomic mass is 10.1. The van der Waals surface area contributed by atoms with Crippen LogP contribution in [-0.2, 0) is 12.7 Å². The van der Waals surface area contributed by atoms with Crippen LogP contribution in [-0.4, -0.2) is 15.1 Å². The van der Waals surface area contributed by atoms with Crippen LogP contribution in [0.2, 0.25) is 0 Å². The van der Waals surface area contributed by atoms with Crippen LogP contribution in [0.4, 0.5) is 13.2 Å². The van der Waals surface area contributed by atoms with Gasteiger partial charge in [-0.05, 0) is 24.3 Å². The number of phenolic OH excluding ortho intramolecular Hbond substituents is 1. The minimum absolute atomic E-state index is 0. The third-order valence-electron chi connectivity index (χ3n) is 2.53. The van der Waals surface area contributed by atoms with Crippen molar-refractivity contribution in [3.8, 4) is 17.0 Å². The SMILES string of the molecule is Cl.NCc1cc(-c2ccc(C(F)(F)F)cc2O)ncn1. The smallest absolute Gasteiger partial charge is 0.416 e. The fraction of sp³-hybridized carbons (Fsp3) is 0.167. The van der Waals surface area contributed by atoms with Gasteiger partial charge in [0.25, 0.3) is 0 Å². The van der Waals surface area contributed by atoms with Gasteiger partial charge in [-0.25, -0.2) is 9.97 Å². The van der Waals surface area contributed by atoms with Crippen LogP contribution in [0.5, 0.6) is 5.75 Å². The zero-order valence-electron chi connectivity index (χ0n) is 10.1. The molecule has 0 saturated heterocycles. The van der Waals surface area contributed by atoms with Gasteiger partial charge in [-0.15, -0.1) is 12.4 Å². The Morgan fingerprint density at radius 3 is 2.40 bits per heavy atom. The van der Waals surface area contributed by atoms with Crippen molar-refractivity contribution in [3.63, 3.8) is 0 Å². The van der Waals surface area contributed by atoms with E-state index in [1.807, 2.05) is 0 Å². The average Bonchev–Trinajstić information content (AvgIpc) is 2.37. The van der Waals surface area contributed by atoms with Crippen LogP contribution in [0.3, 0.4) is 0 Å². The van der Waals surface area contributed by atoms with Crippen LogP contribution in [0, 0.1) is 0 Å². The summed E-state index contributed by atoms with van der Waals surface area (Å²) in [6.07, 6.45) is -3.25. The van der Waals surface area contributed by atoms with Gasteiger partial charge in [0.05, 0.1) is 17.0 Å². The van der Waals surface area contributed by atoms with Crippen molar-refractivity contribution in [1.29, 1.82) is 0 Å². The molecule has 1 aromatic carbocycles. The van der Waals surface area contributed by atoms with E-state index in [9.17, 15) is 18.3 Å². The molecule has 0 aliphatic heterocycles. The van der Waals surface area contributed by atoms with Gasteiger partial charge in [-0.1, -0.05) is 0 Å². The molecule has 4 nitrogen and oxygen atoms in total. The molecular formula is C12H11ClF3N3O. The molecule has 3 N–H and O–H groups in total. The van der Waals surface area contributed by atoms with Crippen molar-refractivity contribution >= 4 is 12.4 Å². The van der Waals surface area contributed by atoms with E-state index in [1.165, 1.54) is 18.5 Å². The molecule has 0 fully saturated rings. The maximum Gasteiger partial charge on any atom is 0.416 e. The van der Waals surface area contributed by atoms with Crippen molar-refractivity contribution in [1.82, 2.24) is 9.97 Å². The first kappa shape index (κ1) is 16.2. The Morgan fingerprint density at radius 2 is 1.85 bits per heavy atom. The van der Waals surface area contributed by atoms with Gasteiger partial charge < -0.3 is 10.8 Å². The summed E-state index contributed by atoms with van der Waals surface area (Å²) < 4.78 is 37.4. The number of alkyl halides is 3. The van der Waals surface area contributed by atoms with E-state index in [0.717, 1.165) is 6.07 Å². The number of benzene rings is 1. The number of rotatable bonds is 2. The summed E-state index contributed by atoms with van der Waals surface area (Å²) >= 11 is 0. The molecule has 0 amide bonds. The third kappa shape index (κ3) is 3.37. The molecule has 2 rings (SSSR count). The fourth-order valence-electron chi connectivity index (χ4n) is 1.58. The first-order chi connectivity index (χ1) is 8.91. The highest BCUT2D eigenvalue weighted by Crippen LogP contribution is 2.35. The molecule has 8 heteroatoms. The van der Waals surface area contributed by atoms with Gasteiger partial charge in [0.2, 0.25) is 0 Å². The van der Waals surface area contributed by atoms with Crippen LogP contribution in [0.1, 0.15) is 11.3 Å². The molecule has 0 radical (unpaired) electrons. The van der Waals surface area contributed by atoms with E-state index in [4.69, 9.17) is 5.73 Å². The Hall–Kier alpha value is -1.86. The van der Waals surface area contributed by atoms with E-state index in [2.05, 4.69) is 9.97 Å². The zero-order chi connectivity index (χ0) is 14.0. The Kier molecular flexibility index (Phi) is 4.91. The van der Waals surface area contributed by atoms with Gasteiger partial charge in [0.15, 0.2) is 0 Å². The molecule has 108 valence electrons.